The highest BCUT2D eigenvalue weighted by atomic mass is 32.1. The number of urea groups is 1. The lowest BCUT2D eigenvalue weighted by Crippen LogP contribution is -2.30. The molecule has 2 N–H and O–H groups in total. The molecule has 4 aromatic rings. The molecular weight excluding hydrogens is 384 g/mol. The Morgan fingerprint density at radius 2 is 1.69 bits per heavy atom. The van der Waals surface area contributed by atoms with E-state index in [0.29, 0.717) is 29.1 Å². The van der Waals surface area contributed by atoms with Gasteiger partial charge in [-0.1, -0.05) is 36.4 Å². The summed E-state index contributed by atoms with van der Waals surface area (Å²) >= 11 is 1.44. The summed E-state index contributed by atoms with van der Waals surface area (Å²) in [6.45, 7) is 0.441. The van der Waals surface area contributed by atoms with Crippen molar-refractivity contribution in [2.75, 3.05) is 11.9 Å². The van der Waals surface area contributed by atoms with Gasteiger partial charge < -0.3 is 10.6 Å². The van der Waals surface area contributed by atoms with Crippen molar-refractivity contribution in [3.05, 3.63) is 88.8 Å². The zero-order chi connectivity index (χ0) is 20.1. The number of aromatic nitrogens is 2. The first-order valence-corrected chi connectivity index (χ1v) is 9.97. The highest BCUT2D eigenvalue weighted by molar-refractivity contribution is 7.21. The summed E-state index contributed by atoms with van der Waals surface area (Å²) in [5, 5.41) is 6.80. The number of carbonyl (C=O) groups is 1. The summed E-state index contributed by atoms with van der Waals surface area (Å²) in [7, 11) is 0. The van der Waals surface area contributed by atoms with E-state index in [9.17, 15) is 9.59 Å². The highest BCUT2D eigenvalue weighted by Crippen LogP contribution is 2.24. The molecule has 2 heterocycles. The number of nitrogens with one attached hydrogen (secondary N) is 2. The molecule has 0 saturated heterocycles. The van der Waals surface area contributed by atoms with Crippen LogP contribution in [-0.2, 0) is 6.42 Å². The number of pyridine rings is 1. The fraction of sp³-hybridized carbons (Fsp3) is 0.0909. The minimum atomic E-state index is -0.262. The minimum Gasteiger partial charge on any atom is -0.337 e. The van der Waals surface area contributed by atoms with Crippen LogP contribution in [0.25, 0.3) is 20.8 Å². The van der Waals surface area contributed by atoms with Gasteiger partial charge in [0.1, 0.15) is 5.01 Å². The van der Waals surface area contributed by atoms with Crippen molar-refractivity contribution in [3.8, 4) is 10.7 Å². The van der Waals surface area contributed by atoms with Gasteiger partial charge >= 0.3 is 6.03 Å². The number of rotatable bonds is 5. The van der Waals surface area contributed by atoms with Crippen LogP contribution in [0, 0.1) is 0 Å². The number of carbonyl (C=O) groups excluding carboxylic acids is 1. The molecule has 144 valence electrons. The molecule has 0 bridgehead atoms. The van der Waals surface area contributed by atoms with Gasteiger partial charge in [0.15, 0.2) is 0 Å². The van der Waals surface area contributed by atoms with E-state index >= 15 is 0 Å². The Morgan fingerprint density at radius 1 is 0.897 bits per heavy atom. The highest BCUT2D eigenvalue weighted by Gasteiger charge is 2.09. The molecule has 6 nitrogen and oxygen atoms in total. The zero-order valence-corrected chi connectivity index (χ0v) is 16.3. The molecule has 0 aliphatic heterocycles. The third-order valence-electron chi connectivity index (χ3n) is 4.25. The number of para-hydroxylation sites is 1. The molecule has 0 spiro atoms. The van der Waals surface area contributed by atoms with E-state index in [1.165, 1.54) is 11.3 Å². The minimum absolute atomic E-state index is 0.249. The average Bonchev–Trinajstić information content (AvgIpc) is 2.75. The van der Waals surface area contributed by atoms with Crippen LogP contribution in [0.2, 0.25) is 0 Å². The predicted molar refractivity (Wildman–Crippen MR) is 116 cm³/mol. The standard InChI is InChI=1S/C22H18N4O2S/c27-20-17-10-4-5-12-19(17)29-21(26-20)18-11-6-9-16(24-18)13-14-23-22(28)25-15-7-2-1-3-8-15/h1-12H,13-14H2,(H2,23,25,28). The Labute approximate surface area is 171 Å². The lowest BCUT2D eigenvalue weighted by molar-refractivity contribution is 0.252. The van der Waals surface area contributed by atoms with Gasteiger partial charge in [-0.15, -0.1) is 11.3 Å². The van der Waals surface area contributed by atoms with Crippen molar-refractivity contribution in [1.82, 2.24) is 15.3 Å². The van der Waals surface area contributed by atoms with Crippen molar-refractivity contribution < 1.29 is 4.79 Å². The molecular formula is C22H18N4O2S. The Bertz CT molecular complexity index is 1210. The topological polar surface area (TPSA) is 84.0 Å². The second-order valence-electron chi connectivity index (χ2n) is 6.33. The summed E-state index contributed by atoms with van der Waals surface area (Å²) in [4.78, 5) is 33.0. The van der Waals surface area contributed by atoms with Gasteiger partial charge in [0.25, 0.3) is 5.56 Å². The zero-order valence-electron chi connectivity index (χ0n) is 15.5. The van der Waals surface area contributed by atoms with E-state index in [2.05, 4.69) is 20.6 Å². The summed E-state index contributed by atoms with van der Waals surface area (Å²) < 4.78 is 0.883. The Balaban J connectivity index is 1.43. The maximum Gasteiger partial charge on any atom is 0.319 e. The number of nitrogens with zero attached hydrogens (tertiary/aromatic N) is 2. The molecule has 0 aliphatic carbocycles. The molecule has 0 unspecified atom stereocenters. The molecule has 4 rings (SSSR count). The molecule has 29 heavy (non-hydrogen) atoms. The number of anilines is 1. The Morgan fingerprint density at radius 3 is 2.55 bits per heavy atom. The van der Waals surface area contributed by atoms with Crippen LogP contribution in [0.5, 0.6) is 0 Å². The van der Waals surface area contributed by atoms with Crippen molar-refractivity contribution in [2.45, 2.75) is 6.42 Å². The molecule has 2 amide bonds. The summed E-state index contributed by atoms with van der Waals surface area (Å²) in [5.74, 6) is 0. The largest absolute Gasteiger partial charge is 0.337 e. The van der Waals surface area contributed by atoms with Gasteiger partial charge in [0.2, 0.25) is 0 Å². The van der Waals surface area contributed by atoms with Crippen LogP contribution in [0.1, 0.15) is 5.69 Å². The summed E-state index contributed by atoms with van der Waals surface area (Å²) in [6.07, 6.45) is 0.568. The number of amides is 2. The van der Waals surface area contributed by atoms with E-state index in [1.807, 2.05) is 66.7 Å². The maximum absolute atomic E-state index is 12.3. The Kier molecular flexibility index (Phi) is 5.58. The van der Waals surface area contributed by atoms with Crippen molar-refractivity contribution in [3.63, 3.8) is 0 Å². The van der Waals surface area contributed by atoms with Crippen LogP contribution in [0.15, 0.2) is 77.6 Å². The second kappa shape index (κ2) is 8.62. The third kappa shape index (κ3) is 4.64. The second-order valence-corrected chi connectivity index (χ2v) is 7.36. The van der Waals surface area contributed by atoms with Gasteiger partial charge in [0, 0.05) is 29.0 Å². The van der Waals surface area contributed by atoms with Crippen LogP contribution in [-0.4, -0.2) is 22.5 Å². The lowest BCUT2D eigenvalue weighted by Gasteiger charge is -2.08. The first-order valence-electron chi connectivity index (χ1n) is 9.15. The van der Waals surface area contributed by atoms with Crippen LogP contribution >= 0.6 is 11.3 Å². The molecule has 0 saturated carbocycles. The summed E-state index contributed by atoms with van der Waals surface area (Å²) in [5.41, 5.74) is 1.96. The predicted octanol–water partition coefficient (Wildman–Crippen LogP) is 4.08. The van der Waals surface area contributed by atoms with Crippen LogP contribution in [0.3, 0.4) is 0 Å². The number of benzene rings is 2. The van der Waals surface area contributed by atoms with E-state index in [4.69, 9.17) is 0 Å². The van der Waals surface area contributed by atoms with Crippen LogP contribution in [0.4, 0.5) is 10.5 Å². The summed E-state index contributed by atoms with van der Waals surface area (Å²) in [6, 6.07) is 22.0. The fourth-order valence-corrected chi connectivity index (χ4v) is 3.83. The Hall–Kier alpha value is -3.58. The van der Waals surface area contributed by atoms with Gasteiger partial charge in [-0.05, 0) is 36.4 Å². The number of hydrogen-bond acceptors (Lipinski definition) is 5. The molecule has 2 aromatic carbocycles. The number of fused-ring (bicyclic) bond motifs is 1. The van der Waals surface area contributed by atoms with E-state index < -0.39 is 0 Å². The van der Waals surface area contributed by atoms with Crippen molar-refractivity contribution in [2.24, 2.45) is 0 Å². The molecule has 0 radical (unpaired) electrons. The number of hydrogen-bond donors (Lipinski definition) is 2. The van der Waals surface area contributed by atoms with E-state index in [0.717, 1.165) is 16.1 Å². The fourth-order valence-electron chi connectivity index (χ4n) is 2.86. The SMILES string of the molecule is O=C(NCCc1cccc(-c2nc(=O)c3ccccc3s2)n1)Nc1ccccc1. The average molecular weight is 402 g/mol. The molecule has 7 heteroatoms. The van der Waals surface area contributed by atoms with E-state index in [1.54, 1.807) is 6.07 Å². The van der Waals surface area contributed by atoms with Gasteiger partial charge in [-0.25, -0.2) is 4.79 Å². The molecule has 0 atom stereocenters. The first kappa shape index (κ1) is 18.8. The van der Waals surface area contributed by atoms with Gasteiger partial charge in [0.05, 0.1) is 11.1 Å². The van der Waals surface area contributed by atoms with Gasteiger partial charge in [-0.3, -0.25) is 9.78 Å². The van der Waals surface area contributed by atoms with Crippen molar-refractivity contribution in [1.29, 1.82) is 0 Å². The van der Waals surface area contributed by atoms with Crippen molar-refractivity contribution >= 4 is 33.1 Å². The monoisotopic (exact) mass is 402 g/mol. The molecule has 0 aliphatic rings. The van der Waals surface area contributed by atoms with Gasteiger partial charge in [-0.2, -0.15) is 4.98 Å². The van der Waals surface area contributed by atoms with Crippen LogP contribution < -0.4 is 16.2 Å². The quantitative estimate of drug-likeness (QED) is 0.527. The lowest BCUT2D eigenvalue weighted by atomic mass is 10.2. The maximum atomic E-state index is 12.3. The normalized spacial score (nSPS) is 10.6. The third-order valence-corrected chi connectivity index (χ3v) is 5.32. The first-order chi connectivity index (χ1) is 14.2. The smallest absolute Gasteiger partial charge is 0.319 e. The molecule has 2 aromatic heterocycles. The molecule has 0 fully saturated rings. The van der Waals surface area contributed by atoms with E-state index in [-0.39, 0.29) is 11.6 Å².